The highest BCUT2D eigenvalue weighted by Crippen LogP contribution is 2.41. The van der Waals surface area contributed by atoms with E-state index in [9.17, 15) is 0 Å². The summed E-state index contributed by atoms with van der Waals surface area (Å²) in [6, 6.07) is 1.84. The van der Waals surface area contributed by atoms with Crippen molar-refractivity contribution in [2.75, 3.05) is 6.54 Å². The van der Waals surface area contributed by atoms with Crippen LogP contribution in [0.1, 0.15) is 77.6 Å². The van der Waals surface area contributed by atoms with Crippen LogP contribution in [0.4, 0.5) is 0 Å². The van der Waals surface area contributed by atoms with Crippen LogP contribution in [0.25, 0.3) is 0 Å². The van der Waals surface area contributed by atoms with E-state index in [0.29, 0.717) is 0 Å². The Hall–Kier alpha value is -0.0400. The van der Waals surface area contributed by atoms with Gasteiger partial charge in [0.1, 0.15) is 0 Å². The summed E-state index contributed by atoms with van der Waals surface area (Å²) in [4.78, 5) is 2.87. The minimum Gasteiger partial charge on any atom is -0.297 e. The maximum absolute atomic E-state index is 2.87. The molecule has 1 heteroatoms. The predicted octanol–water partition coefficient (Wildman–Crippen LogP) is 4.61. The monoisotopic (exact) mass is 249 g/mol. The van der Waals surface area contributed by atoms with Crippen LogP contribution in [0.3, 0.4) is 0 Å². The molecule has 104 valence electrons. The molecule has 3 fully saturated rings. The van der Waals surface area contributed by atoms with Gasteiger partial charge in [-0.15, -0.1) is 0 Å². The fraction of sp³-hybridized carbons (Fsp3) is 1.00. The average Bonchev–Trinajstić information content (AvgIpc) is 2.74. The maximum atomic E-state index is 2.87. The molecular formula is C17H31N. The Kier molecular flexibility index (Phi) is 4.28. The lowest BCUT2D eigenvalue weighted by molar-refractivity contribution is 0.0572. The van der Waals surface area contributed by atoms with Crippen LogP contribution in [-0.4, -0.2) is 23.5 Å². The van der Waals surface area contributed by atoms with E-state index in [-0.39, 0.29) is 0 Å². The SMILES string of the molecule is CC1CCC2C[C@H]3CCCCCCCC[C@H]3CN12. The van der Waals surface area contributed by atoms with Crippen molar-refractivity contribution in [3.05, 3.63) is 0 Å². The van der Waals surface area contributed by atoms with Crippen molar-refractivity contribution in [3.8, 4) is 0 Å². The van der Waals surface area contributed by atoms with Gasteiger partial charge in [0.05, 0.1) is 0 Å². The topological polar surface area (TPSA) is 3.24 Å². The van der Waals surface area contributed by atoms with Gasteiger partial charge >= 0.3 is 0 Å². The molecule has 0 aromatic heterocycles. The molecule has 2 aliphatic heterocycles. The van der Waals surface area contributed by atoms with Gasteiger partial charge in [-0.1, -0.05) is 44.9 Å². The van der Waals surface area contributed by atoms with E-state index >= 15 is 0 Å². The molecule has 0 aromatic rings. The van der Waals surface area contributed by atoms with E-state index in [1.54, 1.807) is 6.42 Å². The molecule has 2 heterocycles. The number of fused-ring (bicyclic) bond motifs is 2. The van der Waals surface area contributed by atoms with Crippen molar-refractivity contribution in [2.45, 2.75) is 89.6 Å². The maximum Gasteiger partial charge on any atom is 0.0101 e. The summed E-state index contributed by atoms with van der Waals surface area (Å²) in [6.07, 6.45) is 16.6. The van der Waals surface area contributed by atoms with Crippen LogP contribution >= 0.6 is 0 Å². The van der Waals surface area contributed by atoms with Gasteiger partial charge in [0, 0.05) is 18.6 Å². The molecule has 1 nitrogen and oxygen atoms in total. The van der Waals surface area contributed by atoms with Gasteiger partial charge in [-0.3, -0.25) is 4.90 Å². The van der Waals surface area contributed by atoms with Crippen LogP contribution in [0.15, 0.2) is 0 Å². The quantitative estimate of drug-likeness (QED) is 0.606. The first-order valence-corrected chi connectivity index (χ1v) is 8.60. The molecule has 2 unspecified atom stereocenters. The fourth-order valence-corrected chi connectivity index (χ4v) is 4.87. The third-order valence-corrected chi connectivity index (χ3v) is 6.04. The second-order valence-corrected chi connectivity index (χ2v) is 7.23. The molecule has 0 radical (unpaired) electrons. The smallest absolute Gasteiger partial charge is 0.0101 e. The third-order valence-electron chi connectivity index (χ3n) is 6.04. The second-order valence-electron chi connectivity index (χ2n) is 7.23. The summed E-state index contributed by atoms with van der Waals surface area (Å²) >= 11 is 0. The number of nitrogens with zero attached hydrogens (tertiary/aromatic N) is 1. The van der Waals surface area contributed by atoms with Gasteiger partial charge < -0.3 is 0 Å². The highest BCUT2D eigenvalue weighted by atomic mass is 15.2. The Balaban J connectivity index is 1.64. The number of hydrogen-bond donors (Lipinski definition) is 0. The van der Waals surface area contributed by atoms with E-state index in [4.69, 9.17) is 0 Å². The third kappa shape index (κ3) is 2.76. The van der Waals surface area contributed by atoms with Crippen molar-refractivity contribution >= 4 is 0 Å². The molecule has 2 saturated heterocycles. The first-order chi connectivity index (χ1) is 8.84. The van der Waals surface area contributed by atoms with Gasteiger partial charge in [0.25, 0.3) is 0 Å². The van der Waals surface area contributed by atoms with E-state index in [2.05, 4.69) is 11.8 Å². The molecule has 0 aromatic carbocycles. The lowest BCUT2D eigenvalue weighted by atomic mass is 9.76. The van der Waals surface area contributed by atoms with Crippen LogP contribution in [0.2, 0.25) is 0 Å². The van der Waals surface area contributed by atoms with Gasteiger partial charge in [-0.25, -0.2) is 0 Å². The van der Waals surface area contributed by atoms with Crippen molar-refractivity contribution in [1.29, 1.82) is 0 Å². The van der Waals surface area contributed by atoms with Crippen molar-refractivity contribution in [3.63, 3.8) is 0 Å². The Bertz CT molecular complexity index is 262. The first-order valence-electron chi connectivity index (χ1n) is 8.60. The van der Waals surface area contributed by atoms with Gasteiger partial charge in [0.15, 0.2) is 0 Å². The minimum atomic E-state index is 0.881. The van der Waals surface area contributed by atoms with Crippen LogP contribution in [-0.2, 0) is 0 Å². The van der Waals surface area contributed by atoms with Crippen molar-refractivity contribution in [1.82, 2.24) is 4.90 Å². The zero-order chi connectivity index (χ0) is 12.4. The Morgan fingerprint density at radius 1 is 0.722 bits per heavy atom. The first kappa shape index (κ1) is 13.0. The molecule has 1 saturated carbocycles. The summed E-state index contributed by atoms with van der Waals surface area (Å²) in [5.41, 5.74) is 0. The minimum absolute atomic E-state index is 0.881. The number of rotatable bonds is 0. The molecule has 3 aliphatic rings. The van der Waals surface area contributed by atoms with Crippen LogP contribution in [0, 0.1) is 11.8 Å². The largest absolute Gasteiger partial charge is 0.297 e. The normalized spacial score (nSPS) is 43.2. The average molecular weight is 249 g/mol. The second kappa shape index (κ2) is 5.94. The lowest BCUT2D eigenvalue weighted by Gasteiger charge is -2.43. The summed E-state index contributed by atoms with van der Waals surface area (Å²) in [7, 11) is 0. The van der Waals surface area contributed by atoms with Gasteiger partial charge in [-0.2, -0.15) is 0 Å². The van der Waals surface area contributed by atoms with E-state index in [1.165, 1.54) is 70.8 Å². The zero-order valence-corrected chi connectivity index (χ0v) is 12.2. The highest BCUT2D eigenvalue weighted by Gasteiger charge is 2.40. The molecular weight excluding hydrogens is 218 g/mol. The Labute approximate surface area is 113 Å². The van der Waals surface area contributed by atoms with Crippen LogP contribution in [0.5, 0.6) is 0 Å². The van der Waals surface area contributed by atoms with Gasteiger partial charge in [-0.05, 0) is 44.4 Å². The van der Waals surface area contributed by atoms with E-state index in [1.807, 2.05) is 0 Å². The van der Waals surface area contributed by atoms with Gasteiger partial charge in [0.2, 0.25) is 0 Å². The molecule has 3 rings (SSSR count). The number of hydrogen-bond acceptors (Lipinski definition) is 1. The molecule has 0 spiro atoms. The van der Waals surface area contributed by atoms with Crippen molar-refractivity contribution in [2.24, 2.45) is 11.8 Å². The van der Waals surface area contributed by atoms with E-state index in [0.717, 1.165) is 23.9 Å². The molecule has 0 amide bonds. The molecule has 4 atom stereocenters. The molecule has 1 aliphatic carbocycles. The predicted molar refractivity (Wildman–Crippen MR) is 77.7 cm³/mol. The summed E-state index contributed by atoms with van der Waals surface area (Å²) in [5, 5.41) is 0. The summed E-state index contributed by atoms with van der Waals surface area (Å²) < 4.78 is 0. The Morgan fingerprint density at radius 2 is 1.39 bits per heavy atom. The molecule has 0 bridgehead atoms. The van der Waals surface area contributed by atoms with E-state index < -0.39 is 0 Å². The summed E-state index contributed by atoms with van der Waals surface area (Å²) in [6.45, 7) is 3.90. The molecule has 0 N–H and O–H groups in total. The van der Waals surface area contributed by atoms with Crippen molar-refractivity contribution < 1.29 is 0 Å². The molecule has 18 heavy (non-hydrogen) atoms. The lowest BCUT2D eigenvalue weighted by Crippen LogP contribution is -2.46. The highest BCUT2D eigenvalue weighted by molar-refractivity contribution is 4.94. The standard InChI is InChI=1S/C17H31N/c1-14-10-11-17-12-15-8-6-4-2-3-5-7-9-16(15)13-18(14)17/h14-17H,2-13H2,1H3/t14?,15-,16+,17?/m1/s1. The Morgan fingerprint density at radius 3 is 2.17 bits per heavy atom. The zero-order valence-electron chi connectivity index (χ0n) is 12.2. The fourth-order valence-electron chi connectivity index (χ4n) is 4.87. The summed E-state index contributed by atoms with van der Waals surface area (Å²) in [5.74, 6) is 2.12. The number of piperidine rings is 1. The van der Waals surface area contributed by atoms with Crippen LogP contribution < -0.4 is 0 Å².